The standard InChI is InChI=1S/C12H14Br2N2OS/c1-8(2)7-16(5-3-4-15)12(17)10-6-9(13)11(14)18-10/h6,8H,3,5,7H2,1-2H3. The Bertz CT molecular complexity index is 446. The van der Waals surface area contributed by atoms with Crippen molar-refractivity contribution in [3.63, 3.8) is 0 Å². The molecule has 1 amide bonds. The van der Waals surface area contributed by atoms with Crippen molar-refractivity contribution in [2.24, 2.45) is 5.92 Å². The van der Waals surface area contributed by atoms with Crippen molar-refractivity contribution in [3.05, 3.63) is 19.2 Å². The fourth-order valence-electron chi connectivity index (χ4n) is 1.51. The van der Waals surface area contributed by atoms with Gasteiger partial charge in [0.25, 0.3) is 5.91 Å². The second-order valence-corrected chi connectivity index (χ2v) is 7.51. The summed E-state index contributed by atoms with van der Waals surface area (Å²) in [6.07, 6.45) is 0.367. The minimum Gasteiger partial charge on any atom is -0.337 e. The second-order valence-electron chi connectivity index (χ2n) is 4.29. The molecule has 0 radical (unpaired) electrons. The van der Waals surface area contributed by atoms with Gasteiger partial charge in [0, 0.05) is 17.6 Å². The third-order valence-electron chi connectivity index (χ3n) is 2.22. The highest BCUT2D eigenvalue weighted by Gasteiger charge is 2.19. The third-order valence-corrected chi connectivity index (χ3v) is 5.47. The van der Waals surface area contributed by atoms with E-state index in [0.29, 0.717) is 30.3 Å². The second kappa shape index (κ2) is 7.27. The smallest absolute Gasteiger partial charge is 0.264 e. The van der Waals surface area contributed by atoms with Gasteiger partial charge in [-0.25, -0.2) is 0 Å². The van der Waals surface area contributed by atoms with E-state index in [9.17, 15) is 4.79 Å². The Labute approximate surface area is 128 Å². The molecule has 0 aromatic carbocycles. The minimum atomic E-state index is -0.00431. The van der Waals surface area contributed by atoms with Gasteiger partial charge in [-0.1, -0.05) is 13.8 Å². The maximum absolute atomic E-state index is 12.3. The van der Waals surface area contributed by atoms with E-state index >= 15 is 0 Å². The number of thiophene rings is 1. The molecule has 0 atom stereocenters. The largest absolute Gasteiger partial charge is 0.337 e. The Morgan fingerprint density at radius 2 is 2.22 bits per heavy atom. The van der Waals surface area contributed by atoms with Crippen LogP contribution in [0.2, 0.25) is 0 Å². The molecule has 1 aromatic rings. The molecule has 0 bridgehead atoms. The molecule has 1 aromatic heterocycles. The van der Waals surface area contributed by atoms with Gasteiger partial charge in [0.1, 0.15) is 0 Å². The molecule has 1 heterocycles. The predicted molar refractivity (Wildman–Crippen MR) is 80.7 cm³/mol. The van der Waals surface area contributed by atoms with Gasteiger partial charge in [0.05, 0.1) is 21.2 Å². The Morgan fingerprint density at radius 1 is 1.56 bits per heavy atom. The van der Waals surface area contributed by atoms with E-state index in [1.165, 1.54) is 11.3 Å². The first-order valence-corrected chi connectivity index (χ1v) is 7.97. The normalized spacial score (nSPS) is 10.4. The van der Waals surface area contributed by atoms with Crippen molar-refractivity contribution in [3.8, 4) is 6.07 Å². The summed E-state index contributed by atoms with van der Waals surface area (Å²) < 4.78 is 1.80. The molecule has 0 spiro atoms. The average molecular weight is 394 g/mol. The fourth-order valence-corrected chi connectivity index (χ4v) is 3.51. The van der Waals surface area contributed by atoms with Crippen LogP contribution in [0.4, 0.5) is 0 Å². The number of carbonyl (C=O) groups excluding carboxylic acids is 1. The van der Waals surface area contributed by atoms with Crippen LogP contribution >= 0.6 is 43.2 Å². The summed E-state index contributed by atoms with van der Waals surface area (Å²) in [5.74, 6) is 0.384. The number of nitriles is 1. The van der Waals surface area contributed by atoms with Gasteiger partial charge < -0.3 is 4.90 Å². The van der Waals surface area contributed by atoms with Crippen molar-refractivity contribution in [1.82, 2.24) is 4.90 Å². The highest BCUT2D eigenvalue weighted by Crippen LogP contribution is 2.33. The maximum atomic E-state index is 12.3. The summed E-state index contributed by atoms with van der Waals surface area (Å²) in [5.41, 5.74) is 0. The predicted octanol–water partition coefficient (Wildman–Crippen LogP) is 4.28. The molecular weight excluding hydrogens is 380 g/mol. The van der Waals surface area contributed by atoms with Crippen molar-refractivity contribution in [2.45, 2.75) is 20.3 Å². The summed E-state index contributed by atoms with van der Waals surface area (Å²) >= 11 is 8.17. The lowest BCUT2D eigenvalue weighted by atomic mass is 10.2. The molecule has 3 nitrogen and oxygen atoms in total. The summed E-state index contributed by atoms with van der Waals surface area (Å²) in [5, 5.41) is 8.65. The number of rotatable bonds is 5. The maximum Gasteiger partial charge on any atom is 0.264 e. The van der Waals surface area contributed by atoms with E-state index < -0.39 is 0 Å². The molecule has 0 fully saturated rings. The molecule has 6 heteroatoms. The third kappa shape index (κ3) is 4.38. The van der Waals surface area contributed by atoms with Gasteiger partial charge in [-0.15, -0.1) is 11.3 Å². The SMILES string of the molecule is CC(C)CN(CCC#N)C(=O)c1cc(Br)c(Br)s1. The zero-order valence-corrected chi connectivity index (χ0v) is 14.2. The van der Waals surface area contributed by atoms with Crippen molar-refractivity contribution < 1.29 is 4.79 Å². The van der Waals surface area contributed by atoms with Crippen LogP contribution in [0.1, 0.15) is 29.9 Å². The van der Waals surface area contributed by atoms with Crippen LogP contribution in [0.3, 0.4) is 0 Å². The molecule has 0 aliphatic carbocycles. The first-order valence-electron chi connectivity index (χ1n) is 5.56. The molecular formula is C12H14Br2N2OS. The van der Waals surface area contributed by atoms with Crippen LogP contribution in [-0.4, -0.2) is 23.9 Å². The first-order chi connectivity index (χ1) is 8.45. The zero-order valence-electron chi connectivity index (χ0n) is 10.2. The Hall–Kier alpha value is -0.380. The van der Waals surface area contributed by atoms with Crippen LogP contribution in [0.15, 0.2) is 14.3 Å². The minimum absolute atomic E-state index is 0.00431. The van der Waals surface area contributed by atoms with E-state index in [2.05, 4.69) is 51.8 Å². The van der Waals surface area contributed by atoms with Gasteiger partial charge in [-0.05, 0) is 43.8 Å². The molecule has 98 valence electrons. The van der Waals surface area contributed by atoms with E-state index in [1.807, 2.05) is 6.07 Å². The van der Waals surface area contributed by atoms with Gasteiger partial charge in [-0.3, -0.25) is 4.79 Å². The van der Waals surface area contributed by atoms with E-state index in [-0.39, 0.29) is 5.91 Å². The Morgan fingerprint density at radius 3 is 2.67 bits per heavy atom. The molecule has 0 aliphatic rings. The van der Waals surface area contributed by atoms with Gasteiger partial charge in [0.15, 0.2) is 0 Å². The van der Waals surface area contributed by atoms with Gasteiger partial charge >= 0.3 is 0 Å². The van der Waals surface area contributed by atoms with Crippen LogP contribution in [0.5, 0.6) is 0 Å². The molecule has 0 saturated carbocycles. The molecule has 0 N–H and O–H groups in total. The number of amides is 1. The van der Waals surface area contributed by atoms with E-state index in [0.717, 1.165) is 8.26 Å². The molecule has 0 saturated heterocycles. The summed E-state index contributed by atoms with van der Waals surface area (Å²) in [4.78, 5) is 14.8. The molecule has 1 rings (SSSR count). The molecule has 0 aliphatic heterocycles. The summed E-state index contributed by atoms with van der Waals surface area (Å²) in [6, 6.07) is 3.90. The highest BCUT2D eigenvalue weighted by molar-refractivity contribution is 9.13. The number of halogens is 2. The summed E-state index contributed by atoms with van der Waals surface area (Å²) in [6.45, 7) is 5.29. The van der Waals surface area contributed by atoms with Crippen molar-refractivity contribution in [2.75, 3.05) is 13.1 Å². The van der Waals surface area contributed by atoms with Crippen molar-refractivity contribution in [1.29, 1.82) is 5.26 Å². The lowest BCUT2D eigenvalue weighted by Gasteiger charge is -2.22. The lowest BCUT2D eigenvalue weighted by molar-refractivity contribution is 0.0745. The first kappa shape index (κ1) is 15.7. The number of nitrogens with zero attached hydrogens (tertiary/aromatic N) is 2. The quantitative estimate of drug-likeness (QED) is 0.748. The van der Waals surface area contributed by atoms with Crippen LogP contribution in [0.25, 0.3) is 0 Å². The van der Waals surface area contributed by atoms with Crippen LogP contribution < -0.4 is 0 Å². The highest BCUT2D eigenvalue weighted by atomic mass is 79.9. The topological polar surface area (TPSA) is 44.1 Å². The fraction of sp³-hybridized carbons (Fsp3) is 0.500. The molecule has 18 heavy (non-hydrogen) atoms. The van der Waals surface area contributed by atoms with Crippen molar-refractivity contribution >= 4 is 49.1 Å². The Kier molecular flexibility index (Phi) is 6.33. The lowest BCUT2D eigenvalue weighted by Crippen LogP contribution is -2.34. The number of hydrogen-bond donors (Lipinski definition) is 0. The van der Waals surface area contributed by atoms with E-state index in [4.69, 9.17) is 5.26 Å². The summed E-state index contributed by atoms with van der Waals surface area (Å²) in [7, 11) is 0. The zero-order chi connectivity index (χ0) is 13.7. The average Bonchev–Trinajstić information content (AvgIpc) is 2.63. The van der Waals surface area contributed by atoms with Gasteiger partial charge in [0.2, 0.25) is 0 Å². The molecule has 0 unspecified atom stereocenters. The van der Waals surface area contributed by atoms with Gasteiger partial charge in [-0.2, -0.15) is 5.26 Å². The number of carbonyl (C=O) groups is 1. The van der Waals surface area contributed by atoms with Crippen LogP contribution in [0, 0.1) is 17.2 Å². The van der Waals surface area contributed by atoms with Crippen LogP contribution in [-0.2, 0) is 0 Å². The monoisotopic (exact) mass is 392 g/mol. The number of hydrogen-bond acceptors (Lipinski definition) is 3. The Balaban J connectivity index is 2.84. The van der Waals surface area contributed by atoms with E-state index in [1.54, 1.807) is 4.90 Å².